The van der Waals surface area contributed by atoms with E-state index in [1.165, 1.54) is 10.4 Å². The van der Waals surface area contributed by atoms with Gasteiger partial charge in [0.05, 0.1) is 6.54 Å². The predicted octanol–water partition coefficient (Wildman–Crippen LogP) is 4.27. The number of amides is 1. The number of anilines is 1. The van der Waals surface area contributed by atoms with Crippen molar-refractivity contribution < 1.29 is 4.79 Å². The lowest BCUT2D eigenvalue weighted by molar-refractivity contribution is -0.117. The maximum absolute atomic E-state index is 12.3. The van der Waals surface area contributed by atoms with Crippen molar-refractivity contribution in [2.24, 2.45) is 0 Å². The molecular weight excluding hydrogens is 316 g/mol. The van der Waals surface area contributed by atoms with Gasteiger partial charge in [0.1, 0.15) is 0 Å². The molecular formula is C17H19ClN2OS. The number of halogens is 1. The fourth-order valence-electron chi connectivity index (χ4n) is 2.92. The molecule has 5 heteroatoms. The van der Waals surface area contributed by atoms with Crippen LogP contribution in [0.5, 0.6) is 0 Å². The molecule has 0 unspecified atom stereocenters. The first-order chi connectivity index (χ1) is 10.5. The maximum atomic E-state index is 12.3. The summed E-state index contributed by atoms with van der Waals surface area (Å²) in [4.78, 5) is 16.0. The molecule has 1 atom stereocenters. The van der Waals surface area contributed by atoms with Gasteiger partial charge in [0.25, 0.3) is 0 Å². The van der Waals surface area contributed by atoms with Crippen LogP contribution in [0.1, 0.15) is 29.0 Å². The number of nitrogens with zero attached hydrogens (tertiary/aromatic N) is 1. The number of carbonyl (C=O) groups excluding carboxylic acids is 1. The van der Waals surface area contributed by atoms with Crippen LogP contribution in [0.3, 0.4) is 0 Å². The number of rotatable bonds is 3. The molecule has 0 spiro atoms. The summed E-state index contributed by atoms with van der Waals surface area (Å²) in [5.41, 5.74) is 3.18. The van der Waals surface area contributed by atoms with Crippen LogP contribution in [0.25, 0.3) is 0 Å². The molecule has 0 saturated heterocycles. The highest BCUT2D eigenvalue weighted by atomic mass is 35.5. The quantitative estimate of drug-likeness (QED) is 0.909. The van der Waals surface area contributed by atoms with Gasteiger partial charge in [0, 0.05) is 28.2 Å². The van der Waals surface area contributed by atoms with Gasteiger partial charge in [-0.1, -0.05) is 11.6 Å². The number of hydrogen-bond acceptors (Lipinski definition) is 3. The van der Waals surface area contributed by atoms with E-state index in [9.17, 15) is 4.79 Å². The van der Waals surface area contributed by atoms with E-state index in [-0.39, 0.29) is 5.91 Å². The van der Waals surface area contributed by atoms with Crippen molar-refractivity contribution >= 4 is 34.5 Å². The van der Waals surface area contributed by atoms with Crippen molar-refractivity contribution in [2.45, 2.75) is 26.3 Å². The second kappa shape index (κ2) is 6.41. The normalized spacial score (nSPS) is 18.0. The molecule has 0 aliphatic carbocycles. The van der Waals surface area contributed by atoms with E-state index in [4.69, 9.17) is 11.6 Å². The summed E-state index contributed by atoms with van der Waals surface area (Å²) in [6, 6.07) is 7.99. The summed E-state index contributed by atoms with van der Waals surface area (Å²) in [5.74, 6) is 0.0240. The number of fused-ring (bicyclic) bond motifs is 1. The number of benzene rings is 1. The Hall–Kier alpha value is -1.36. The Kier molecular flexibility index (Phi) is 4.52. The minimum absolute atomic E-state index is 0.0240. The number of carbonyl (C=O) groups is 1. The molecule has 1 aliphatic heterocycles. The molecule has 22 heavy (non-hydrogen) atoms. The van der Waals surface area contributed by atoms with E-state index in [1.54, 1.807) is 6.07 Å². The molecule has 0 saturated carbocycles. The molecule has 0 bridgehead atoms. The SMILES string of the molecule is Cc1cc(Cl)ccc1NC(=O)CN1CCc2sccc2[C@@H]1C. The number of hydrogen-bond donors (Lipinski definition) is 1. The zero-order chi connectivity index (χ0) is 15.7. The van der Waals surface area contributed by atoms with Gasteiger partial charge >= 0.3 is 0 Å². The molecule has 1 amide bonds. The molecule has 1 aromatic heterocycles. The van der Waals surface area contributed by atoms with Crippen molar-refractivity contribution in [3.8, 4) is 0 Å². The van der Waals surface area contributed by atoms with Crippen molar-refractivity contribution in [3.63, 3.8) is 0 Å². The molecule has 0 fully saturated rings. The number of aryl methyl sites for hydroxylation is 1. The smallest absolute Gasteiger partial charge is 0.238 e. The standard InChI is InChI=1S/C17H19ClN2OS/c1-11-9-13(18)3-4-15(11)19-17(21)10-20-7-5-16-14(12(20)2)6-8-22-16/h3-4,6,8-9,12H,5,7,10H2,1-2H3,(H,19,21)/t12-/m0/s1. The minimum atomic E-state index is 0.0240. The highest BCUT2D eigenvalue weighted by Crippen LogP contribution is 2.32. The zero-order valence-electron chi connectivity index (χ0n) is 12.7. The average Bonchev–Trinajstić information content (AvgIpc) is 2.94. The fourth-order valence-corrected chi connectivity index (χ4v) is 4.11. The van der Waals surface area contributed by atoms with E-state index >= 15 is 0 Å². The third kappa shape index (κ3) is 3.19. The average molecular weight is 335 g/mol. The Labute approximate surface area is 139 Å². The minimum Gasteiger partial charge on any atom is -0.325 e. The first-order valence-electron chi connectivity index (χ1n) is 7.41. The molecule has 3 nitrogen and oxygen atoms in total. The highest BCUT2D eigenvalue weighted by molar-refractivity contribution is 7.10. The van der Waals surface area contributed by atoms with Crippen molar-refractivity contribution in [1.82, 2.24) is 4.90 Å². The highest BCUT2D eigenvalue weighted by Gasteiger charge is 2.26. The van der Waals surface area contributed by atoms with Gasteiger partial charge in [0.2, 0.25) is 5.91 Å². The third-order valence-electron chi connectivity index (χ3n) is 4.21. The van der Waals surface area contributed by atoms with Crippen molar-refractivity contribution in [1.29, 1.82) is 0 Å². The van der Waals surface area contributed by atoms with Crippen LogP contribution in [0.15, 0.2) is 29.6 Å². The van der Waals surface area contributed by atoms with Gasteiger partial charge < -0.3 is 5.32 Å². The molecule has 0 radical (unpaired) electrons. The van der Waals surface area contributed by atoms with Gasteiger partial charge in [0.15, 0.2) is 0 Å². The van der Waals surface area contributed by atoms with Gasteiger partial charge in [-0.15, -0.1) is 11.3 Å². The Balaban J connectivity index is 1.65. The Morgan fingerprint density at radius 3 is 3.05 bits per heavy atom. The monoisotopic (exact) mass is 334 g/mol. The molecule has 2 heterocycles. The van der Waals surface area contributed by atoms with Crippen LogP contribution in [-0.2, 0) is 11.2 Å². The van der Waals surface area contributed by atoms with Crippen LogP contribution >= 0.6 is 22.9 Å². The topological polar surface area (TPSA) is 32.3 Å². The van der Waals surface area contributed by atoms with Crippen LogP contribution in [0.2, 0.25) is 5.02 Å². The van der Waals surface area contributed by atoms with Crippen LogP contribution in [-0.4, -0.2) is 23.9 Å². The van der Waals surface area contributed by atoms with E-state index in [2.05, 4.69) is 28.6 Å². The lowest BCUT2D eigenvalue weighted by Gasteiger charge is -2.33. The first-order valence-corrected chi connectivity index (χ1v) is 8.66. The fraction of sp³-hybridized carbons (Fsp3) is 0.353. The van der Waals surface area contributed by atoms with Gasteiger partial charge in [-0.2, -0.15) is 0 Å². The van der Waals surface area contributed by atoms with Gasteiger partial charge in [-0.3, -0.25) is 9.69 Å². The summed E-state index contributed by atoms with van der Waals surface area (Å²) < 4.78 is 0. The molecule has 116 valence electrons. The van der Waals surface area contributed by atoms with Gasteiger partial charge in [-0.05, 0) is 61.0 Å². The summed E-state index contributed by atoms with van der Waals surface area (Å²) in [6.07, 6.45) is 1.03. The third-order valence-corrected chi connectivity index (χ3v) is 5.44. The summed E-state index contributed by atoms with van der Waals surface area (Å²) in [6.45, 7) is 5.47. The zero-order valence-corrected chi connectivity index (χ0v) is 14.3. The first kappa shape index (κ1) is 15.5. The summed E-state index contributed by atoms with van der Waals surface area (Å²) in [5, 5.41) is 5.81. The molecule has 3 rings (SSSR count). The largest absolute Gasteiger partial charge is 0.325 e. The van der Waals surface area contributed by atoms with Gasteiger partial charge in [-0.25, -0.2) is 0 Å². The van der Waals surface area contributed by atoms with Crippen molar-refractivity contribution in [3.05, 3.63) is 50.7 Å². The Bertz CT molecular complexity index is 698. The van der Waals surface area contributed by atoms with Crippen LogP contribution < -0.4 is 5.32 Å². The summed E-state index contributed by atoms with van der Waals surface area (Å²) >= 11 is 7.76. The number of nitrogens with one attached hydrogen (secondary N) is 1. The molecule has 1 N–H and O–H groups in total. The predicted molar refractivity (Wildman–Crippen MR) is 92.8 cm³/mol. The van der Waals surface area contributed by atoms with Crippen LogP contribution in [0.4, 0.5) is 5.69 Å². The Morgan fingerprint density at radius 2 is 2.27 bits per heavy atom. The number of thiophene rings is 1. The lowest BCUT2D eigenvalue weighted by atomic mass is 10.0. The van der Waals surface area contributed by atoms with E-state index < -0.39 is 0 Å². The maximum Gasteiger partial charge on any atom is 0.238 e. The Morgan fingerprint density at radius 1 is 1.45 bits per heavy atom. The van der Waals surface area contributed by atoms with Crippen LogP contribution in [0, 0.1) is 6.92 Å². The van der Waals surface area contributed by atoms with E-state index in [1.807, 2.05) is 30.4 Å². The summed E-state index contributed by atoms with van der Waals surface area (Å²) in [7, 11) is 0. The molecule has 1 aromatic carbocycles. The molecule has 1 aliphatic rings. The van der Waals surface area contributed by atoms with E-state index in [0.29, 0.717) is 17.6 Å². The van der Waals surface area contributed by atoms with Crippen molar-refractivity contribution in [2.75, 3.05) is 18.4 Å². The molecule has 2 aromatic rings. The van der Waals surface area contributed by atoms with E-state index in [0.717, 1.165) is 24.2 Å². The second-order valence-electron chi connectivity index (χ2n) is 5.70. The second-order valence-corrected chi connectivity index (χ2v) is 7.14. The lowest BCUT2D eigenvalue weighted by Crippen LogP contribution is -2.39.